The van der Waals surface area contributed by atoms with Crippen LogP contribution >= 0.6 is 39.0 Å². The summed E-state index contributed by atoms with van der Waals surface area (Å²) in [7, 11) is 0. The van der Waals surface area contributed by atoms with Crippen molar-refractivity contribution >= 4 is 44.2 Å². The summed E-state index contributed by atoms with van der Waals surface area (Å²) < 4.78 is 1.19. The molecule has 1 aliphatic heterocycles. The van der Waals surface area contributed by atoms with Gasteiger partial charge in [0.15, 0.2) is 5.17 Å². The SMILES string of the molecule is CCCC1CN=C(NCc2ccc(Br)s2)S1. The van der Waals surface area contributed by atoms with Crippen molar-refractivity contribution in [3.63, 3.8) is 0 Å². The molecule has 1 aliphatic rings. The summed E-state index contributed by atoms with van der Waals surface area (Å²) in [5.74, 6) is 0. The highest BCUT2D eigenvalue weighted by Gasteiger charge is 2.18. The number of halogens is 1. The van der Waals surface area contributed by atoms with Crippen LogP contribution in [0.2, 0.25) is 0 Å². The summed E-state index contributed by atoms with van der Waals surface area (Å²) >= 11 is 7.14. The van der Waals surface area contributed by atoms with Gasteiger partial charge in [0.25, 0.3) is 0 Å². The van der Waals surface area contributed by atoms with Gasteiger partial charge < -0.3 is 5.32 Å². The lowest BCUT2D eigenvalue weighted by molar-refractivity contribution is 0.754. The van der Waals surface area contributed by atoms with Crippen LogP contribution in [0.5, 0.6) is 0 Å². The third kappa shape index (κ3) is 3.50. The third-order valence-corrected chi connectivity index (χ3v) is 5.21. The van der Waals surface area contributed by atoms with Gasteiger partial charge in [0.1, 0.15) is 0 Å². The van der Waals surface area contributed by atoms with Crippen molar-refractivity contribution in [2.45, 2.75) is 31.6 Å². The fraction of sp³-hybridized carbons (Fsp3) is 0.545. The molecule has 0 bridgehead atoms. The van der Waals surface area contributed by atoms with Gasteiger partial charge in [-0.05, 0) is 34.5 Å². The molecule has 1 aromatic heterocycles. The van der Waals surface area contributed by atoms with Crippen molar-refractivity contribution in [2.24, 2.45) is 4.99 Å². The second kappa shape index (κ2) is 6.07. The molecule has 0 saturated carbocycles. The minimum atomic E-state index is 0.697. The molecule has 1 N–H and O–H groups in total. The summed E-state index contributed by atoms with van der Waals surface area (Å²) in [6.45, 7) is 4.10. The quantitative estimate of drug-likeness (QED) is 0.911. The van der Waals surface area contributed by atoms with E-state index in [1.807, 2.05) is 11.8 Å². The molecule has 0 radical (unpaired) electrons. The maximum atomic E-state index is 4.52. The minimum Gasteiger partial charge on any atom is -0.360 e. The van der Waals surface area contributed by atoms with Crippen LogP contribution in [0, 0.1) is 0 Å². The number of nitrogens with zero attached hydrogens (tertiary/aromatic N) is 1. The Morgan fingerprint density at radius 3 is 3.12 bits per heavy atom. The predicted molar refractivity (Wildman–Crippen MR) is 77.4 cm³/mol. The summed E-state index contributed by atoms with van der Waals surface area (Å²) in [5, 5.41) is 5.21. The zero-order valence-electron chi connectivity index (χ0n) is 9.20. The Morgan fingerprint density at radius 2 is 2.44 bits per heavy atom. The Balaban J connectivity index is 1.75. The molecule has 16 heavy (non-hydrogen) atoms. The maximum absolute atomic E-state index is 4.52. The van der Waals surface area contributed by atoms with E-state index in [0.29, 0.717) is 5.25 Å². The van der Waals surface area contributed by atoms with Crippen molar-refractivity contribution in [2.75, 3.05) is 6.54 Å². The number of hydrogen-bond acceptors (Lipinski definition) is 4. The van der Waals surface area contributed by atoms with Gasteiger partial charge in [-0.25, -0.2) is 0 Å². The molecule has 1 aromatic rings. The van der Waals surface area contributed by atoms with Crippen LogP contribution in [-0.2, 0) is 6.54 Å². The number of aliphatic imine (C=N–C) groups is 1. The predicted octanol–water partition coefficient (Wildman–Crippen LogP) is 3.87. The van der Waals surface area contributed by atoms with Crippen molar-refractivity contribution in [1.82, 2.24) is 5.32 Å². The Hall–Kier alpha value is -0.000000000000000111. The normalized spacial score (nSPS) is 19.9. The van der Waals surface area contributed by atoms with Crippen LogP contribution < -0.4 is 5.32 Å². The van der Waals surface area contributed by atoms with E-state index in [-0.39, 0.29) is 0 Å². The monoisotopic (exact) mass is 318 g/mol. The van der Waals surface area contributed by atoms with Gasteiger partial charge >= 0.3 is 0 Å². The number of hydrogen-bond donors (Lipinski definition) is 1. The molecule has 0 aliphatic carbocycles. The van der Waals surface area contributed by atoms with Gasteiger partial charge in [-0.15, -0.1) is 11.3 Å². The zero-order valence-corrected chi connectivity index (χ0v) is 12.4. The lowest BCUT2D eigenvalue weighted by Gasteiger charge is -2.06. The first-order valence-electron chi connectivity index (χ1n) is 5.47. The number of nitrogens with one attached hydrogen (secondary N) is 1. The molecule has 1 unspecified atom stereocenters. The van der Waals surface area contributed by atoms with Gasteiger partial charge in [-0.1, -0.05) is 25.1 Å². The van der Waals surface area contributed by atoms with E-state index in [1.54, 1.807) is 11.3 Å². The highest BCUT2D eigenvalue weighted by Crippen LogP contribution is 2.25. The fourth-order valence-corrected chi connectivity index (χ4v) is 4.14. The topological polar surface area (TPSA) is 24.4 Å². The molecule has 2 nitrogen and oxygen atoms in total. The fourth-order valence-electron chi connectivity index (χ4n) is 1.60. The summed E-state index contributed by atoms with van der Waals surface area (Å²) in [6, 6.07) is 4.23. The van der Waals surface area contributed by atoms with E-state index in [1.165, 1.54) is 21.5 Å². The molecule has 0 amide bonds. The lowest BCUT2D eigenvalue weighted by Crippen LogP contribution is -2.18. The van der Waals surface area contributed by atoms with Crippen LogP contribution in [-0.4, -0.2) is 17.0 Å². The highest BCUT2D eigenvalue weighted by atomic mass is 79.9. The molecule has 0 fully saturated rings. The number of rotatable bonds is 4. The molecule has 2 rings (SSSR count). The largest absolute Gasteiger partial charge is 0.360 e. The van der Waals surface area contributed by atoms with Gasteiger partial charge in [-0.2, -0.15) is 0 Å². The standard InChI is InChI=1S/C11H15BrN2S2/c1-2-3-8-6-13-11(16-8)14-7-9-4-5-10(12)15-9/h4-5,8H,2-3,6-7H2,1H3,(H,13,14). The van der Waals surface area contributed by atoms with Crippen molar-refractivity contribution in [3.05, 3.63) is 20.8 Å². The van der Waals surface area contributed by atoms with E-state index in [0.717, 1.165) is 18.3 Å². The Morgan fingerprint density at radius 1 is 1.56 bits per heavy atom. The second-order valence-corrected chi connectivity index (χ2v) is 7.57. The molecule has 88 valence electrons. The summed E-state index contributed by atoms with van der Waals surface area (Å²) in [4.78, 5) is 5.86. The Bertz CT molecular complexity index is 376. The molecular formula is C11H15BrN2S2. The molecule has 0 saturated heterocycles. The Labute approximate surface area is 113 Å². The first kappa shape index (κ1) is 12.5. The third-order valence-electron chi connectivity index (χ3n) is 2.37. The van der Waals surface area contributed by atoms with Gasteiger partial charge in [0.05, 0.1) is 16.9 Å². The van der Waals surface area contributed by atoms with Crippen LogP contribution in [0.15, 0.2) is 20.9 Å². The maximum Gasteiger partial charge on any atom is 0.157 e. The van der Waals surface area contributed by atoms with Gasteiger partial charge in [0, 0.05) is 10.1 Å². The molecular weight excluding hydrogens is 304 g/mol. The highest BCUT2D eigenvalue weighted by molar-refractivity contribution is 9.11. The van der Waals surface area contributed by atoms with Crippen LogP contribution in [0.4, 0.5) is 0 Å². The van der Waals surface area contributed by atoms with E-state index < -0.39 is 0 Å². The molecule has 0 spiro atoms. The van der Waals surface area contributed by atoms with E-state index in [9.17, 15) is 0 Å². The number of amidine groups is 1. The van der Waals surface area contributed by atoms with Crippen molar-refractivity contribution in [1.29, 1.82) is 0 Å². The van der Waals surface area contributed by atoms with Crippen LogP contribution in [0.1, 0.15) is 24.6 Å². The zero-order chi connectivity index (χ0) is 11.4. The van der Waals surface area contributed by atoms with Gasteiger partial charge in [0.2, 0.25) is 0 Å². The first-order chi connectivity index (χ1) is 7.78. The van der Waals surface area contributed by atoms with E-state index in [2.05, 4.69) is 45.3 Å². The van der Waals surface area contributed by atoms with Gasteiger partial charge in [-0.3, -0.25) is 4.99 Å². The first-order valence-corrected chi connectivity index (χ1v) is 7.96. The lowest BCUT2D eigenvalue weighted by atomic mass is 10.2. The average Bonchev–Trinajstić information content (AvgIpc) is 2.85. The average molecular weight is 319 g/mol. The van der Waals surface area contributed by atoms with Crippen molar-refractivity contribution in [3.8, 4) is 0 Å². The Kier molecular flexibility index (Phi) is 4.73. The van der Waals surface area contributed by atoms with Crippen LogP contribution in [0.3, 0.4) is 0 Å². The van der Waals surface area contributed by atoms with Crippen molar-refractivity contribution < 1.29 is 0 Å². The molecule has 5 heteroatoms. The molecule has 1 atom stereocenters. The molecule has 2 heterocycles. The van der Waals surface area contributed by atoms with E-state index >= 15 is 0 Å². The van der Waals surface area contributed by atoms with E-state index in [4.69, 9.17) is 0 Å². The van der Waals surface area contributed by atoms with Crippen LogP contribution in [0.25, 0.3) is 0 Å². The number of thioether (sulfide) groups is 1. The number of thiophene rings is 1. The minimum absolute atomic E-state index is 0.697. The smallest absolute Gasteiger partial charge is 0.157 e. The second-order valence-electron chi connectivity index (χ2n) is 3.73. The summed E-state index contributed by atoms with van der Waals surface area (Å²) in [6.07, 6.45) is 2.52. The summed E-state index contributed by atoms with van der Waals surface area (Å²) in [5.41, 5.74) is 0. The molecule has 0 aromatic carbocycles.